The standard InChI is InChI=1S/C8H15Cl2NO2.ClH/c1-3-13-7(12)8(2,11)5-4-6(9)10;/h6H,3-5,11H2,1-2H3;1H. The number of hydrogen-bond acceptors (Lipinski definition) is 3. The summed E-state index contributed by atoms with van der Waals surface area (Å²) in [6.07, 6.45) is 0.901. The first kappa shape index (κ1) is 16.7. The molecular formula is C8H16Cl3NO2. The molecule has 86 valence electrons. The number of esters is 1. The number of carbonyl (C=O) groups is 1. The summed E-state index contributed by atoms with van der Waals surface area (Å²) in [5.74, 6) is -0.413. The van der Waals surface area contributed by atoms with Crippen LogP contribution in [-0.2, 0) is 9.53 Å². The largest absolute Gasteiger partial charge is 0.465 e. The van der Waals surface area contributed by atoms with Gasteiger partial charge in [-0.15, -0.1) is 35.6 Å². The lowest BCUT2D eigenvalue weighted by Gasteiger charge is -2.22. The van der Waals surface area contributed by atoms with E-state index < -0.39 is 16.3 Å². The average molecular weight is 265 g/mol. The second kappa shape index (κ2) is 7.57. The van der Waals surface area contributed by atoms with E-state index in [0.717, 1.165) is 0 Å². The van der Waals surface area contributed by atoms with Gasteiger partial charge in [-0.1, -0.05) is 0 Å². The maximum absolute atomic E-state index is 11.2. The molecule has 0 spiro atoms. The summed E-state index contributed by atoms with van der Waals surface area (Å²) >= 11 is 11.0. The highest BCUT2D eigenvalue weighted by atomic mass is 35.5. The lowest BCUT2D eigenvalue weighted by atomic mass is 9.98. The van der Waals surface area contributed by atoms with Gasteiger partial charge in [0, 0.05) is 0 Å². The van der Waals surface area contributed by atoms with Gasteiger partial charge < -0.3 is 10.5 Å². The third-order valence-corrected chi connectivity index (χ3v) is 2.06. The zero-order valence-corrected chi connectivity index (χ0v) is 10.6. The molecule has 0 bridgehead atoms. The summed E-state index contributed by atoms with van der Waals surface area (Å²) in [5, 5.41) is 0. The molecule has 0 aliphatic rings. The fourth-order valence-electron chi connectivity index (χ4n) is 0.807. The summed E-state index contributed by atoms with van der Waals surface area (Å²) in [6.45, 7) is 3.68. The fraction of sp³-hybridized carbons (Fsp3) is 0.875. The number of ether oxygens (including phenoxy) is 1. The van der Waals surface area contributed by atoms with Crippen molar-refractivity contribution in [2.75, 3.05) is 6.61 Å². The minimum Gasteiger partial charge on any atom is -0.465 e. The van der Waals surface area contributed by atoms with E-state index in [9.17, 15) is 4.79 Å². The Morgan fingerprint density at radius 2 is 2.07 bits per heavy atom. The van der Waals surface area contributed by atoms with Crippen molar-refractivity contribution < 1.29 is 9.53 Å². The first-order valence-corrected chi connectivity index (χ1v) is 5.01. The topological polar surface area (TPSA) is 52.3 Å². The van der Waals surface area contributed by atoms with Gasteiger partial charge in [-0.2, -0.15) is 0 Å². The first-order chi connectivity index (χ1) is 5.90. The predicted octanol–water partition coefficient (Wildman–Crippen LogP) is 2.27. The van der Waals surface area contributed by atoms with E-state index in [1.165, 1.54) is 0 Å². The summed E-state index contributed by atoms with van der Waals surface area (Å²) in [7, 11) is 0. The highest BCUT2D eigenvalue weighted by Gasteiger charge is 2.29. The Bertz CT molecular complexity index is 174. The summed E-state index contributed by atoms with van der Waals surface area (Å²) in [5.41, 5.74) is 4.71. The van der Waals surface area contributed by atoms with Crippen molar-refractivity contribution in [2.45, 2.75) is 37.1 Å². The van der Waals surface area contributed by atoms with Gasteiger partial charge in [-0.05, 0) is 26.7 Å². The Morgan fingerprint density at radius 1 is 1.57 bits per heavy atom. The van der Waals surface area contributed by atoms with Gasteiger partial charge >= 0.3 is 5.97 Å². The van der Waals surface area contributed by atoms with Gasteiger partial charge in [0.25, 0.3) is 0 Å². The maximum atomic E-state index is 11.2. The average Bonchev–Trinajstić information content (AvgIpc) is 2.01. The number of nitrogens with two attached hydrogens (primary N) is 1. The van der Waals surface area contributed by atoms with E-state index in [-0.39, 0.29) is 12.4 Å². The molecule has 1 atom stereocenters. The Hall–Kier alpha value is 0.300. The van der Waals surface area contributed by atoms with Crippen LogP contribution in [0.4, 0.5) is 0 Å². The highest BCUT2D eigenvalue weighted by molar-refractivity contribution is 6.44. The van der Waals surface area contributed by atoms with E-state index >= 15 is 0 Å². The van der Waals surface area contributed by atoms with E-state index in [4.69, 9.17) is 33.7 Å². The van der Waals surface area contributed by atoms with Gasteiger partial charge in [0.05, 0.1) is 6.61 Å². The van der Waals surface area contributed by atoms with E-state index in [0.29, 0.717) is 19.4 Å². The number of alkyl halides is 2. The number of carbonyl (C=O) groups excluding carboxylic acids is 1. The summed E-state index contributed by atoms with van der Waals surface area (Å²) < 4.78 is 4.79. The van der Waals surface area contributed by atoms with Crippen molar-refractivity contribution in [3.05, 3.63) is 0 Å². The van der Waals surface area contributed by atoms with Crippen LogP contribution in [0, 0.1) is 0 Å². The van der Waals surface area contributed by atoms with Crippen molar-refractivity contribution in [3.63, 3.8) is 0 Å². The zero-order valence-electron chi connectivity index (χ0n) is 8.26. The van der Waals surface area contributed by atoms with Crippen LogP contribution in [0.15, 0.2) is 0 Å². The van der Waals surface area contributed by atoms with Gasteiger partial charge in [0.2, 0.25) is 0 Å². The molecule has 6 heteroatoms. The Labute approximate surface area is 101 Å². The molecule has 0 saturated heterocycles. The molecule has 1 unspecified atom stereocenters. The molecule has 0 heterocycles. The van der Waals surface area contributed by atoms with Crippen molar-refractivity contribution >= 4 is 41.6 Å². The fourth-order valence-corrected chi connectivity index (χ4v) is 1.03. The van der Waals surface area contributed by atoms with Gasteiger partial charge in [-0.25, -0.2) is 0 Å². The molecule has 0 amide bonds. The molecule has 0 radical (unpaired) electrons. The Balaban J connectivity index is 0. The molecule has 0 aliphatic heterocycles. The summed E-state index contributed by atoms with van der Waals surface area (Å²) in [4.78, 5) is 10.8. The quantitative estimate of drug-likeness (QED) is 0.612. The molecule has 0 aromatic heterocycles. The molecule has 0 rings (SSSR count). The monoisotopic (exact) mass is 263 g/mol. The van der Waals surface area contributed by atoms with Gasteiger partial charge in [0.1, 0.15) is 10.4 Å². The maximum Gasteiger partial charge on any atom is 0.325 e. The zero-order chi connectivity index (χ0) is 10.5. The second-order valence-electron chi connectivity index (χ2n) is 3.07. The van der Waals surface area contributed by atoms with Crippen LogP contribution >= 0.6 is 35.6 Å². The number of hydrogen-bond donors (Lipinski definition) is 1. The van der Waals surface area contributed by atoms with Crippen molar-refractivity contribution in [1.82, 2.24) is 0 Å². The minimum atomic E-state index is -0.988. The van der Waals surface area contributed by atoms with Crippen LogP contribution in [0.3, 0.4) is 0 Å². The first-order valence-electron chi connectivity index (χ1n) is 4.14. The predicted molar refractivity (Wildman–Crippen MR) is 61.2 cm³/mol. The van der Waals surface area contributed by atoms with Crippen LogP contribution in [0.1, 0.15) is 26.7 Å². The molecule has 0 aromatic rings. The number of rotatable bonds is 5. The van der Waals surface area contributed by atoms with E-state index in [1.54, 1.807) is 13.8 Å². The molecule has 3 nitrogen and oxygen atoms in total. The molecule has 0 saturated carbocycles. The normalized spacial score (nSPS) is 14.4. The Kier molecular flexibility index (Phi) is 9.04. The summed E-state index contributed by atoms with van der Waals surface area (Å²) in [6, 6.07) is 0. The SMILES string of the molecule is CCOC(=O)C(C)(N)CCC(Cl)Cl.Cl. The third-order valence-electron chi connectivity index (χ3n) is 1.62. The number of halogens is 3. The van der Waals surface area contributed by atoms with Crippen LogP contribution in [0.25, 0.3) is 0 Å². The van der Waals surface area contributed by atoms with E-state index in [2.05, 4.69) is 0 Å². The van der Waals surface area contributed by atoms with Crippen molar-refractivity contribution in [1.29, 1.82) is 0 Å². The van der Waals surface area contributed by atoms with Crippen molar-refractivity contribution in [2.24, 2.45) is 5.73 Å². The second-order valence-corrected chi connectivity index (χ2v) is 4.34. The molecule has 0 fully saturated rings. The van der Waals surface area contributed by atoms with E-state index in [1.807, 2.05) is 0 Å². The highest BCUT2D eigenvalue weighted by Crippen LogP contribution is 2.17. The lowest BCUT2D eigenvalue weighted by Crippen LogP contribution is -2.46. The molecule has 14 heavy (non-hydrogen) atoms. The smallest absolute Gasteiger partial charge is 0.325 e. The van der Waals surface area contributed by atoms with Crippen LogP contribution < -0.4 is 5.73 Å². The van der Waals surface area contributed by atoms with Crippen molar-refractivity contribution in [3.8, 4) is 0 Å². The van der Waals surface area contributed by atoms with Crippen LogP contribution in [-0.4, -0.2) is 23.0 Å². The van der Waals surface area contributed by atoms with Gasteiger partial charge in [-0.3, -0.25) is 4.79 Å². The lowest BCUT2D eigenvalue weighted by molar-refractivity contribution is -0.149. The minimum absolute atomic E-state index is 0. The Morgan fingerprint density at radius 3 is 2.43 bits per heavy atom. The third kappa shape index (κ3) is 6.71. The molecule has 0 aromatic carbocycles. The van der Waals surface area contributed by atoms with Crippen LogP contribution in [0.5, 0.6) is 0 Å². The molecule has 2 N–H and O–H groups in total. The molecular weight excluding hydrogens is 248 g/mol. The molecule has 0 aliphatic carbocycles. The van der Waals surface area contributed by atoms with Gasteiger partial charge in [0.15, 0.2) is 0 Å². The van der Waals surface area contributed by atoms with Crippen LogP contribution in [0.2, 0.25) is 0 Å².